The Balaban J connectivity index is 2.27. The van der Waals surface area contributed by atoms with E-state index >= 15 is 0 Å². The molecule has 1 saturated heterocycles. The number of thioether (sulfide) groups is 1. The average Bonchev–Trinajstić information content (AvgIpc) is 2.56. The van der Waals surface area contributed by atoms with E-state index in [4.69, 9.17) is 5.21 Å². The molecule has 2 aliphatic rings. The number of hydrogen-bond acceptors (Lipinski definition) is 4. The third kappa shape index (κ3) is 1.49. The van der Waals surface area contributed by atoms with Gasteiger partial charge in [0.05, 0.1) is 5.25 Å². The molecule has 0 aromatic carbocycles. The molecule has 0 aliphatic carbocycles. The van der Waals surface area contributed by atoms with Crippen molar-refractivity contribution in [3.05, 3.63) is 0 Å². The lowest BCUT2D eigenvalue weighted by Gasteiger charge is -2.21. The first-order chi connectivity index (χ1) is 6.74. The van der Waals surface area contributed by atoms with Gasteiger partial charge in [-0.25, -0.2) is 0 Å². The lowest BCUT2D eigenvalue weighted by atomic mass is 10.1. The second kappa shape index (κ2) is 3.81. The number of nitrogens with zero attached hydrogens (tertiary/aromatic N) is 3. The predicted molar refractivity (Wildman–Crippen MR) is 59.1 cm³/mol. The van der Waals surface area contributed by atoms with Crippen LogP contribution in [0.15, 0.2) is 10.1 Å². The largest absolute Gasteiger partial charge is 0.409 e. The smallest absolute Gasteiger partial charge is 0.165 e. The molecule has 1 N–H and O–H groups in total. The van der Waals surface area contributed by atoms with E-state index in [9.17, 15) is 0 Å². The third-order valence-electron chi connectivity index (χ3n) is 2.49. The van der Waals surface area contributed by atoms with Crippen molar-refractivity contribution >= 4 is 22.8 Å². The first-order valence-corrected chi connectivity index (χ1v) is 5.82. The summed E-state index contributed by atoms with van der Waals surface area (Å²) in [5, 5.41) is 13.7. The van der Waals surface area contributed by atoms with E-state index in [2.05, 4.69) is 24.0 Å². The van der Waals surface area contributed by atoms with Crippen LogP contribution in [0.5, 0.6) is 0 Å². The van der Waals surface area contributed by atoms with Crippen LogP contribution >= 0.6 is 11.8 Å². The fourth-order valence-electron chi connectivity index (χ4n) is 1.76. The summed E-state index contributed by atoms with van der Waals surface area (Å²) in [5.74, 6) is 1.25. The minimum atomic E-state index is 0.261. The lowest BCUT2D eigenvalue weighted by molar-refractivity contribution is 0.307. The van der Waals surface area contributed by atoms with Gasteiger partial charge in [-0.05, 0) is 12.3 Å². The molecule has 0 radical (unpaired) electrons. The SMILES string of the molecule is CC(C)C1SC2=NCCCN2/C1=N\O. The standard InChI is InChI=1S/C9H15N3OS/c1-6(2)7-8(11-13)12-5-3-4-10-9(12)14-7/h6-7,13H,3-5H2,1-2H3/b11-8-. The molecule has 78 valence electrons. The molecule has 2 aliphatic heterocycles. The van der Waals surface area contributed by atoms with Crippen molar-refractivity contribution in [1.29, 1.82) is 0 Å². The minimum absolute atomic E-state index is 0.261. The number of rotatable bonds is 1. The topological polar surface area (TPSA) is 48.2 Å². The van der Waals surface area contributed by atoms with Gasteiger partial charge in [0.2, 0.25) is 0 Å². The van der Waals surface area contributed by atoms with Gasteiger partial charge in [-0.3, -0.25) is 4.99 Å². The Morgan fingerprint density at radius 1 is 1.64 bits per heavy atom. The Bertz CT molecular complexity index is 288. The van der Waals surface area contributed by atoms with E-state index in [1.807, 2.05) is 4.90 Å². The van der Waals surface area contributed by atoms with Crippen molar-refractivity contribution in [1.82, 2.24) is 4.90 Å². The summed E-state index contributed by atoms with van der Waals surface area (Å²) in [5.41, 5.74) is 0. The highest BCUT2D eigenvalue weighted by molar-refractivity contribution is 8.15. The van der Waals surface area contributed by atoms with Crippen LogP contribution in [0.3, 0.4) is 0 Å². The Morgan fingerprint density at radius 3 is 3.07 bits per heavy atom. The van der Waals surface area contributed by atoms with E-state index in [0.29, 0.717) is 5.92 Å². The Morgan fingerprint density at radius 2 is 2.43 bits per heavy atom. The number of aliphatic imine (C=N–C) groups is 1. The molecule has 1 unspecified atom stereocenters. The minimum Gasteiger partial charge on any atom is -0.409 e. The van der Waals surface area contributed by atoms with Gasteiger partial charge < -0.3 is 10.1 Å². The van der Waals surface area contributed by atoms with Gasteiger partial charge in [-0.15, -0.1) is 0 Å². The van der Waals surface area contributed by atoms with Gasteiger partial charge in [0.1, 0.15) is 0 Å². The molecule has 2 rings (SSSR count). The summed E-state index contributed by atoms with van der Waals surface area (Å²) in [6, 6.07) is 0. The zero-order valence-electron chi connectivity index (χ0n) is 8.47. The zero-order valence-corrected chi connectivity index (χ0v) is 9.29. The number of oxime groups is 1. The summed E-state index contributed by atoms with van der Waals surface area (Å²) in [7, 11) is 0. The second-order valence-corrected chi connectivity index (χ2v) is 5.02. The van der Waals surface area contributed by atoms with Gasteiger partial charge in [0.15, 0.2) is 11.0 Å². The van der Waals surface area contributed by atoms with Gasteiger partial charge in [0.25, 0.3) is 0 Å². The molecule has 0 saturated carbocycles. The highest BCUT2D eigenvalue weighted by Gasteiger charge is 2.38. The molecule has 5 heteroatoms. The van der Waals surface area contributed by atoms with Crippen LogP contribution in [0.4, 0.5) is 0 Å². The molecule has 0 spiro atoms. The Labute approximate surface area is 88.1 Å². The molecule has 0 aromatic heterocycles. The Hall–Kier alpha value is -0.710. The monoisotopic (exact) mass is 213 g/mol. The summed E-state index contributed by atoms with van der Waals surface area (Å²) in [6.07, 6.45) is 1.05. The molecule has 0 aromatic rings. The predicted octanol–water partition coefficient (Wildman–Crippen LogP) is 1.61. The second-order valence-electron chi connectivity index (χ2n) is 3.91. The average molecular weight is 213 g/mol. The van der Waals surface area contributed by atoms with E-state index in [-0.39, 0.29) is 5.25 Å². The molecule has 4 nitrogen and oxygen atoms in total. The summed E-state index contributed by atoms with van der Waals surface area (Å²) < 4.78 is 0. The zero-order chi connectivity index (χ0) is 10.1. The first-order valence-electron chi connectivity index (χ1n) is 4.94. The summed E-state index contributed by atoms with van der Waals surface area (Å²) in [6.45, 7) is 6.13. The van der Waals surface area contributed by atoms with E-state index in [1.54, 1.807) is 11.8 Å². The molecule has 14 heavy (non-hydrogen) atoms. The molecule has 2 heterocycles. The van der Waals surface area contributed by atoms with Crippen LogP contribution in [-0.2, 0) is 0 Å². The fourth-order valence-corrected chi connectivity index (χ4v) is 3.02. The molecular formula is C9H15N3OS. The van der Waals surface area contributed by atoms with Gasteiger partial charge in [-0.1, -0.05) is 30.8 Å². The van der Waals surface area contributed by atoms with Crippen LogP contribution in [0, 0.1) is 5.92 Å². The fraction of sp³-hybridized carbons (Fsp3) is 0.778. The Kier molecular flexibility index (Phi) is 2.67. The van der Waals surface area contributed by atoms with Gasteiger partial charge in [-0.2, -0.15) is 0 Å². The molecular weight excluding hydrogens is 198 g/mol. The van der Waals surface area contributed by atoms with E-state index < -0.39 is 0 Å². The van der Waals surface area contributed by atoms with Crippen LogP contribution < -0.4 is 0 Å². The maximum atomic E-state index is 9.00. The lowest BCUT2D eigenvalue weighted by Crippen LogP contribution is -2.37. The van der Waals surface area contributed by atoms with Gasteiger partial charge >= 0.3 is 0 Å². The first kappa shape index (κ1) is 9.83. The molecule has 0 amide bonds. The molecule has 1 atom stereocenters. The van der Waals surface area contributed by atoms with Crippen molar-refractivity contribution in [2.45, 2.75) is 25.5 Å². The number of hydrogen-bond donors (Lipinski definition) is 1. The maximum absolute atomic E-state index is 9.00. The highest BCUT2D eigenvalue weighted by Crippen LogP contribution is 2.34. The van der Waals surface area contributed by atoms with Crippen LogP contribution in [0.25, 0.3) is 0 Å². The van der Waals surface area contributed by atoms with Crippen molar-refractivity contribution in [2.75, 3.05) is 13.1 Å². The number of amidine groups is 2. The highest BCUT2D eigenvalue weighted by atomic mass is 32.2. The van der Waals surface area contributed by atoms with E-state index in [0.717, 1.165) is 30.5 Å². The van der Waals surface area contributed by atoms with Crippen LogP contribution in [0.1, 0.15) is 20.3 Å². The van der Waals surface area contributed by atoms with Crippen molar-refractivity contribution in [3.8, 4) is 0 Å². The molecule has 0 bridgehead atoms. The van der Waals surface area contributed by atoms with Crippen LogP contribution in [-0.4, -0.2) is 39.4 Å². The number of fused-ring (bicyclic) bond motifs is 1. The van der Waals surface area contributed by atoms with E-state index in [1.165, 1.54) is 0 Å². The normalized spacial score (nSPS) is 29.6. The summed E-state index contributed by atoms with van der Waals surface area (Å²) in [4.78, 5) is 6.48. The van der Waals surface area contributed by atoms with Crippen LogP contribution in [0.2, 0.25) is 0 Å². The van der Waals surface area contributed by atoms with Crippen molar-refractivity contribution in [2.24, 2.45) is 16.1 Å². The maximum Gasteiger partial charge on any atom is 0.165 e. The quantitative estimate of drug-likeness (QED) is 0.531. The third-order valence-corrected chi connectivity index (χ3v) is 4.06. The molecule has 1 fully saturated rings. The summed E-state index contributed by atoms with van der Waals surface area (Å²) >= 11 is 1.72. The van der Waals surface area contributed by atoms with Gasteiger partial charge in [0, 0.05) is 13.1 Å². The van der Waals surface area contributed by atoms with Crippen molar-refractivity contribution < 1.29 is 5.21 Å². The van der Waals surface area contributed by atoms with Crippen molar-refractivity contribution in [3.63, 3.8) is 0 Å².